The number of nitrogens with zero attached hydrogens (tertiary/aromatic N) is 5. The van der Waals surface area contributed by atoms with Crippen molar-refractivity contribution in [2.45, 2.75) is 19.3 Å². The molecule has 0 amide bonds. The summed E-state index contributed by atoms with van der Waals surface area (Å²) in [5.41, 5.74) is 0. The Kier molecular flexibility index (Phi) is 4.14. The minimum atomic E-state index is -4.42. The van der Waals surface area contributed by atoms with Crippen LogP contribution in [0.5, 0.6) is 0 Å². The molecule has 3 rings (SSSR count). The Bertz CT molecular complexity index is 480. The van der Waals surface area contributed by atoms with Crippen molar-refractivity contribution in [2.75, 3.05) is 45.8 Å². The smallest absolute Gasteiger partial charge is 0.314 e. The second-order valence-corrected chi connectivity index (χ2v) is 5.46. The summed E-state index contributed by atoms with van der Waals surface area (Å²) in [6, 6.07) is 0. The molecule has 1 fully saturated rings. The van der Waals surface area contributed by atoms with Gasteiger partial charge in [-0.25, -0.2) is 0 Å². The van der Waals surface area contributed by atoms with Crippen LogP contribution in [-0.2, 0) is 19.3 Å². The van der Waals surface area contributed by atoms with Crippen LogP contribution in [0.2, 0.25) is 0 Å². The van der Waals surface area contributed by atoms with E-state index >= 15 is 0 Å². The highest BCUT2D eigenvalue weighted by molar-refractivity contribution is 5.02. The van der Waals surface area contributed by atoms with Crippen LogP contribution in [0.3, 0.4) is 0 Å². The van der Waals surface area contributed by atoms with Crippen molar-refractivity contribution in [3.05, 3.63) is 11.6 Å². The van der Waals surface area contributed by atoms with Crippen LogP contribution in [0.25, 0.3) is 0 Å². The highest BCUT2D eigenvalue weighted by Gasteiger charge is 2.39. The summed E-state index contributed by atoms with van der Waals surface area (Å²) >= 11 is 0. The number of hydrogen-bond acceptors (Lipinski definition) is 5. The minimum absolute atomic E-state index is 0.304. The zero-order valence-corrected chi connectivity index (χ0v) is 11.7. The third-order valence-electron chi connectivity index (χ3n) is 4.03. The van der Waals surface area contributed by atoms with E-state index in [1.807, 2.05) is 0 Å². The fraction of sp³-hybridized carbons (Fsp3) is 0.833. The van der Waals surface area contributed by atoms with Crippen LogP contribution < -0.4 is 5.32 Å². The summed E-state index contributed by atoms with van der Waals surface area (Å²) in [7, 11) is 0. The first kappa shape index (κ1) is 14.7. The molecule has 9 heteroatoms. The zero-order valence-electron chi connectivity index (χ0n) is 11.7. The Morgan fingerprint density at radius 3 is 2.38 bits per heavy atom. The van der Waals surface area contributed by atoms with Crippen molar-refractivity contribution >= 4 is 0 Å². The average molecular weight is 304 g/mol. The zero-order chi connectivity index (χ0) is 14.9. The number of fused-ring (bicyclic) bond motifs is 1. The summed E-state index contributed by atoms with van der Waals surface area (Å²) in [6.07, 6.45) is -4.42. The third kappa shape index (κ3) is 3.35. The molecule has 6 nitrogen and oxygen atoms in total. The first-order chi connectivity index (χ1) is 10.0. The molecule has 1 aromatic rings. The van der Waals surface area contributed by atoms with Crippen molar-refractivity contribution in [3.8, 4) is 0 Å². The maximum atomic E-state index is 12.7. The molecule has 0 unspecified atom stereocenters. The van der Waals surface area contributed by atoms with Gasteiger partial charge in [0.25, 0.3) is 0 Å². The molecule has 0 aliphatic carbocycles. The van der Waals surface area contributed by atoms with Gasteiger partial charge in [-0.15, -0.1) is 10.2 Å². The molecule has 0 spiro atoms. The van der Waals surface area contributed by atoms with Gasteiger partial charge in [0.1, 0.15) is 5.82 Å². The van der Waals surface area contributed by atoms with Gasteiger partial charge in [0.15, 0.2) is 0 Å². The Morgan fingerprint density at radius 2 is 1.67 bits per heavy atom. The van der Waals surface area contributed by atoms with Crippen LogP contribution in [0.4, 0.5) is 13.2 Å². The number of piperazine rings is 1. The Morgan fingerprint density at radius 1 is 0.952 bits per heavy atom. The van der Waals surface area contributed by atoms with E-state index in [2.05, 4.69) is 25.3 Å². The van der Waals surface area contributed by atoms with E-state index in [0.29, 0.717) is 25.5 Å². The van der Waals surface area contributed by atoms with Crippen molar-refractivity contribution in [3.63, 3.8) is 0 Å². The first-order valence-electron chi connectivity index (χ1n) is 7.19. The van der Waals surface area contributed by atoms with Crippen molar-refractivity contribution in [1.29, 1.82) is 0 Å². The maximum absolute atomic E-state index is 12.7. The van der Waals surface area contributed by atoms with Gasteiger partial charge < -0.3 is 9.88 Å². The number of halogens is 3. The second-order valence-electron chi connectivity index (χ2n) is 5.46. The van der Waals surface area contributed by atoms with E-state index in [1.54, 1.807) is 0 Å². The van der Waals surface area contributed by atoms with E-state index in [0.717, 1.165) is 39.3 Å². The lowest BCUT2D eigenvalue weighted by Gasteiger charge is -2.32. The lowest BCUT2D eigenvalue weighted by atomic mass is 10.3. The standard InChI is InChI=1S/C12H19F3N6/c13-12(14,15)11-18-17-10-9-20(7-8-21(10)11)6-5-19-3-1-16-2-4-19/h16H,1-9H2. The molecule has 0 bridgehead atoms. The van der Waals surface area contributed by atoms with Gasteiger partial charge in [-0.3, -0.25) is 9.80 Å². The maximum Gasteiger partial charge on any atom is 0.451 e. The van der Waals surface area contributed by atoms with Gasteiger partial charge in [-0.1, -0.05) is 0 Å². The lowest BCUT2D eigenvalue weighted by molar-refractivity contribution is -0.148. The molecule has 1 saturated heterocycles. The average Bonchev–Trinajstić information content (AvgIpc) is 2.89. The van der Waals surface area contributed by atoms with Crippen molar-refractivity contribution in [2.24, 2.45) is 0 Å². The molecule has 2 aliphatic rings. The summed E-state index contributed by atoms with van der Waals surface area (Å²) in [6.45, 7) is 7.22. The molecule has 0 aromatic carbocycles. The highest BCUT2D eigenvalue weighted by Crippen LogP contribution is 2.29. The summed E-state index contributed by atoms with van der Waals surface area (Å²) in [5.74, 6) is -0.465. The topological polar surface area (TPSA) is 49.2 Å². The second kappa shape index (κ2) is 5.90. The molecular formula is C12H19F3N6. The highest BCUT2D eigenvalue weighted by atomic mass is 19.4. The number of hydrogen-bond donors (Lipinski definition) is 1. The number of nitrogens with one attached hydrogen (secondary N) is 1. The molecular weight excluding hydrogens is 285 g/mol. The van der Waals surface area contributed by atoms with E-state index in [4.69, 9.17) is 0 Å². The quantitative estimate of drug-likeness (QED) is 0.853. The van der Waals surface area contributed by atoms with E-state index < -0.39 is 12.0 Å². The molecule has 3 heterocycles. The number of rotatable bonds is 3. The minimum Gasteiger partial charge on any atom is -0.314 e. The van der Waals surface area contributed by atoms with Gasteiger partial charge in [-0.2, -0.15) is 13.2 Å². The fourth-order valence-corrected chi connectivity index (χ4v) is 2.83. The summed E-state index contributed by atoms with van der Waals surface area (Å²) in [4.78, 5) is 4.52. The Hall–Kier alpha value is -1.19. The number of alkyl halides is 3. The van der Waals surface area contributed by atoms with Crippen LogP contribution in [0.15, 0.2) is 0 Å². The Balaban J connectivity index is 1.56. The molecule has 0 saturated carbocycles. The van der Waals surface area contributed by atoms with Gasteiger partial charge in [-0.05, 0) is 0 Å². The van der Waals surface area contributed by atoms with Crippen LogP contribution in [0, 0.1) is 0 Å². The van der Waals surface area contributed by atoms with Crippen LogP contribution in [0.1, 0.15) is 11.6 Å². The van der Waals surface area contributed by atoms with Gasteiger partial charge >= 0.3 is 6.18 Å². The van der Waals surface area contributed by atoms with E-state index in [1.165, 1.54) is 4.57 Å². The van der Waals surface area contributed by atoms with Crippen molar-refractivity contribution < 1.29 is 13.2 Å². The monoisotopic (exact) mass is 304 g/mol. The van der Waals surface area contributed by atoms with Crippen LogP contribution in [-0.4, -0.2) is 70.4 Å². The predicted molar refractivity (Wildman–Crippen MR) is 69.6 cm³/mol. The molecule has 0 atom stereocenters. The predicted octanol–water partition coefficient (Wildman–Crippen LogP) is 0.0177. The first-order valence-corrected chi connectivity index (χ1v) is 7.19. The molecule has 118 valence electrons. The summed E-state index contributed by atoms with van der Waals surface area (Å²) in [5, 5.41) is 10.3. The van der Waals surface area contributed by atoms with Crippen LogP contribution >= 0.6 is 0 Å². The normalized spacial score (nSPS) is 21.5. The lowest BCUT2D eigenvalue weighted by Crippen LogP contribution is -2.47. The molecule has 1 N–H and O–H groups in total. The molecule has 2 aliphatic heterocycles. The molecule has 21 heavy (non-hydrogen) atoms. The molecule has 0 radical (unpaired) electrons. The fourth-order valence-electron chi connectivity index (χ4n) is 2.83. The largest absolute Gasteiger partial charge is 0.451 e. The van der Waals surface area contributed by atoms with E-state index in [9.17, 15) is 13.2 Å². The Labute approximate surface area is 120 Å². The third-order valence-corrected chi connectivity index (χ3v) is 4.03. The van der Waals surface area contributed by atoms with Gasteiger partial charge in [0, 0.05) is 52.4 Å². The van der Waals surface area contributed by atoms with E-state index in [-0.39, 0.29) is 0 Å². The SMILES string of the molecule is FC(F)(F)c1nnc2n1CCN(CCN1CCNCC1)C2. The summed E-state index contributed by atoms with van der Waals surface area (Å²) < 4.78 is 39.4. The van der Waals surface area contributed by atoms with Crippen molar-refractivity contribution in [1.82, 2.24) is 29.9 Å². The van der Waals surface area contributed by atoms with Gasteiger partial charge in [0.2, 0.25) is 5.82 Å². The molecule has 1 aromatic heterocycles. The van der Waals surface area contributed by atoms with Gasteiger partial charge in [0.05, 0.1) is 6.54 Å². The number of aromatic nitrogens is 3.